The molecule has 1 aromatic carbocycles. The first-order valence-corrected chi connectivity index (χ1v) is 6.40. The van der Waals surface area contributed by atoms with Crippen LogP contribution in [0.1, 0.15) is 19.8 Å². The minimum absolute atomic E-state index is 0.299. The van der Waals surface area contributed by atoms with Crippen molar-refractivity contribution in [2.75, 3.05) is 23.7 Å². The minimum Gasteiger partial charge on any atom is -0.397 e. The van der Waals surface area contributed by atoms with E-state index in [2.05, 4.69) is 27.8 Å². The first-order valence-electron chi connectivity index (χ1n) is 5.61. The van der Waals surface area contributed by atoms with Gasteiger partial charge in [0.05, 0.1) is 15.8 Å². The third-order valence-corrected chi connectivity index (χ3v) is 3.88. The van der Waals surface area contributed by atoms with Crippen molar-refractivity contribution in [3.8, 4) is 0 Å². The summed E-state index contributed by atoms with van der Waals surface area (Å²) in [4.78, 5) is 2.24. The van der Waals surface area contributed by atoms with E-state index in [-0.39, 0.29) is 5.82 Å². The Balaban J connectivity index is 2.24. The Labute approximate surface area is 104 Å². The quantitative estimate of drug-likeness (QED) is 0.845. The van der Waals surface area contributed by atoms with Crippen LogP contribution in [0.15, 0.2) is 16.6 Å². The van der Waals surface area contributed by atoms with Gasteiger partial charge in [-0.1, -0.05) is 13.3 Å². The van der Waals surface area contributed by atoms with Gasteiger partial charge in [0.1, 0.15) is 5.82 Å². The van der Waals surface area contributed by atoms with E-state index >= 15 is 0 Å². The van der Waals surface area contributed by atoms with Gasteiger partial charge >= 0.3 is 0 Å². The van der Waals surface area contributed by atoms with Gasteiger partial charge in [-0.2, -0.15) is 0 Å². The van der Waals surface area contributed by atoms with Gasteiger partial charge in [-0.05, 0) is 34.3 Å². The third kappa shape index (κ3) is 2.17. The Morgan fingerprint density at radius 3 is 2.94 bits per heavy atom. The fraction of sp³-hybridized carbons (Fsp3) is 0.500. The summed E-state index contributed by atoms with van der Waals surface area (Å²) in [6, 6.07) is 3.17. The monoisotopic (exact) mass is 286 g/mol. The average molecular weight is 287 g/mol. The van der Waals surface area contributed by atoms with E-state index in [1.807, 2.05) is 0 Å². The van der Waals surface area contributed by atoms with Crippen LogP contribution in [0.25, 0.3) is 0 Å². The molecule has 1 aromatic rings. The lowest BCUT2D eigenvalue weighted by Crippen LogP contribution is -2.20. The second-order valence-corrected chi connectivity index (χ2v) is 5.19. The topological polar surface area (TPSA) is 29.3 Å². The molecule has 1 heterocycles. The smallest absolute Gasteiger partial charge is 0.139 e. The van der Waals surface area contributed by atoms with E-state index in [1.165, 1.54) is 18.9 Å². The zero-order valence-corrected chi connectivity index (χ0v) is 10.9. The summed E-state index contributed by atoms with van der Waals surface area (Å²) >= 11 is 3.20. The molecule has 1 fully saturated rings. The fourth-order valence-electron chi connectivity index (χ4n) is 2.21. The van der Waals surface area contributed by atoms with Crippen LogP contribution in [-0.4, -0.2) is 13.1 Å². The SMILES string of the molecule is CCC1CCN(c2cc(Br)c(F)cc2N)C1. The van der Waals surface area contributed by atoms with E-state index in [0.717, 1.165) is 24.7 Å². The summed E-state index contributed by atoms with van der Waals surface area (Å²) in [6.45, 7) is 4.25. The standard InChI is InChI=1S/C12H16BrFN2/c1-2-8-3-4-16(7-8)12-5-9(13)10(14)6-11(12)15/h5-6,8H,2-4,7,15H2,1H3. The van der Waals surface area contributed by atoms with Gasteiger partial charge < -0.3 is 10.6 Å². The van der Waals surface area contributed by atoms with Gasteiger partial charge in [0.15, 0.2) is 0 Å². The Morgan fingerprint density at radius 2 is 2.31 bits per heavy atom. The summed E-state index contributed by atoms with van der Waals surface area (Å²) < 4.78 is 13.7. The van der Waals surface area contributed by atoms with Crippen LogP contribution < -0.4 is 10.6 Å². The van der Waals surface area contributed by atoms with Crippen molar-refractivity contribution in [2.45, 2.75) is 19.8 Å². The number of rotatable bonds is 2. The predicted octanol–water partition coefficient (Wildman–Crippen LogP) is 3.41. The van der Waals surface area contributed by atoms with Crippen molar-refractivity contribution in [1.29, 1.82) is 0 Å². The largest absolute Gasteiger partial charge is 0.397 e. The highest BCUT2D eigenvalue weighted by molar-refractivity contribution is 9.10. The maximum Gasteiger partial charge on any atom is 0.139 e. The zero-order chi connectivity index (χ0) is 11.7. The summed E-state index contributed by atoms with van der Waals surface area (Å²) in [5, 5.41) is 0. The molecule has 1 atom stereocenters. The number of nitrogens with zero attached hydrogens (tertiary/aromatic N) is 1. The van der Waals surface area contributed by atoms with Crippen molar-refractivity contribution in [2.24, 2.45) is 5.92 Å². The summed E-state index contributed by atoms with van der Waals surface area (Å²) in [7, 11) is 0. The van der Waals surface area contributed by atoms with E-state index in [9.17, 15) is 4.39 Å². The Kier molecular flexibility index (Phi) is 3.38. The van der Waals surface area contributed by atoms with Crippen LogP contribution in [0.5, 0.6) is 0 Å². The molecule has 0 saturated carbocycles. The molecule has 0 aliphatic carbocycles. The molecule has 2 rings (SSSR count). The normalized spacial score (nSPS) is 20.4. The van der Waals surface area contributed by atoms with Crippen LogP contribution >= 0.6 is 15.9 Å². The predicted molar refractivity (Wildman–Crippen MR) is 69.1 cm³/mol. The van der Waals surface area contributed by atoms with Crippen molar-refractivity contribution < 1.29 is 4.39 Å². The second kappa shape index (κ2) is 4.62. The molecular weight excluding hydrogens is 271 g/mol. The molecule has 0 spiro atoms. The number of anilines is 2. The van der Waals surface area contributed by atoms with Crippen LogP contribution in [0.4, 0.5) is 15.8 Å². The number of nitrogen functional groups attached to an aromatic ring is 1. The Morgan fingerprint density at radius 1 is 1.56 bits per heavy atom. The maximum atomic E-state index is 13.2. The third-order valence-electron chi connectivity index (χ3n) is 3.27. The fourth-order valence-corrected chi connectivity index (χ4v) is 2.54. The first-order chi connectivity index (χ1) is 7.61. The molecule has 2 N–H and O–H groups in total. The summed E-state index contributed by atoms with van der Waals surface area (Å²) in [5.74, 6) is 0.440. The molecule has 1 aliphatic rings. The van der Waals surface area contributed by atoms with Crippen molar-refractivity contribution in [1.82, 2.24) is 0 Å². The van der Waals surface area contributed by atoms with Gasteiger partial charge in [0.25, 0.3) is 0 Å². The highest BCUT2D eigenvalue weighted by atomic mass is 79.9. The van der Waals surface area contributed by atoms with Crippen molar-refractivity contribution in [3.63, 3.8) is 0 Å². The molecule has 2 nitrogen and oxygen atoms in total. The lowest BCUT2D eigenvalue weighted by molar-refractivity contribution is 0.569. The molecule has 1 unspecified atom stereocenters. The number of benzene rings is 1. The molecule has 0 radical (unpaired) electrons. The summed E-state index contributed by atoms with van der Waals surface area (Å²) in [6.07, 6.45) is 2.39. The highest BCUT2D eigenvalue weighted by Gasteiger charge is 2.23. The Hall–Kier alpha value is -0.770. The van der Waals surface area contributed by atoms with Crippen LogP contribution in [0.2, 0.25) is 0 Å². The molecule has 16 heavy (non-hydrogen) atoms. The number of hydrogen-bond donors (Lipinski definition) is 1. The Bertz CT molecular complexity index is 395. The molecule has 88 valence electrons. The molecule has 1 saturated heterocycles. The first kappa shape index (κ1) is 11.7. The molecular formula is C12H16BrFN2. The molecule has 0 amide bonds. The van der Waals surface area contributed by atoms with Gasteiger partial charge in [-0.3, -0.25) is 0 Å². The van der Waals surface area contributed by atoms with Gasteiger partial charge in [0, 0.05) is 19.2 Å². The number of halogens is 2. The van der Waals surface area contributed by atoms with Gasteiger partial charge in [-0.25, -0.2) is 4.39 Å². The van der Waals surface area contributed by atoms with Crippen LogP contribution in [-0.2, 0) is 0 Å². The lowest BCUT2D eigenvalue weighted by Gasteiger charge is -2.21. The zero-order valence-electron chi connectivity index (χ0n) is 9.34. The number of nitrogens with two attached hydrogens (primary N) is 1. The van der Waals surface area contributed by atoms with Gasteiger partial charge in [-0.15, -0.1) is 0 Å². The highest BCUT2D eigenvalue weighted by Crippen LogP contribution is 2.33. The average Bonchev–Trinajstić information content (AvgIpc) is 2.71. The molecule has 0 bridgehead atoms. The molecule has 1 aliphatic heterocycles. The lowest BCUT2D eigenvalue weighted by atomic mass is 10.1. The minimum atomic E-state index is -0.299. The van der Waals surface area contributed by atoms with Crippen molar-refractivity contribution in [3.05, 3.63) is 22.4 Å². The van der Waals surface area contributed by atoms with E-state index in [0.29, 0.717) is 10.2 Å². The maximum absolute atomic E-state index is 13.2. The number of hydrogen-bond acceptors (Lipinski definition) is 2. The molecule has 4 heteroatoms. The van der Waals surface area contributed by atoms with Crippen LogP contribution in [0, 0.1) is 11.7 Å². The molecule has 0 aromatic heterocycles. The van der Waals surface area contributed by atoms with E-state index in [4.69, 9.17) is 5.73 Å². The second-order valence-electron chi connectivity index (χ2n) is 4.33. The van der Waals surface area contributed by atoms with E-state index < -0.39 is 0 Å². The van der Waals surface area contributed by atoms with Crippen molar-refractivity contribution >= 4 is 27.3 Å². The van der Waals surface area contributed by atoms with Gasteiger partial charge in [0.2, 0.25) is 0 Å². The van der Waals surface area contributed by atoms with Crippen LogP contribution in [0.3, 0.4) is 0 Å². The summed E-state index contributed by atoms with van der Waals surface area (Å²) in [5.41, 5.74) is 7.33. The van der Waals surface area contributed by atoms with E-state index in [1.54, 1.807) is 6.07 Å².